The predicted molar refractivity (Wildman–Crippen MR) is 107 cm³/mol. The van der Waals surface area contributed by atoms with Crippen LogP contribution in [-0.2, 0) is 0 Å². The lowest BCUT2D eigenvalue weighted by Gasteiger charge is -2.19. The Hall–Kier alpha value is -2.43. The Labute approximate surface area is 156 Å². The molecule has 0 radical (unpaired) electrons. The summed E-state index contributed by atoms with van der Waals surface area (Å²) >= 11 is 0. The molecule has 2 aromatic rings. The van der Waals surface area contributed by atoms with Gasteiger partial charge in [0, 0.05) is 31.8 Å². The Morgan fingerprint density at radius 2 is 1.92 bits per heavy atom. The Morgan fingerprint density at radius 1 is 1.19 bits per heavy atom. The van der Waals surface area contributed by atoms with Gasteiger partial charge in [0.05, 0.1) is 0 Å². The van der Waals surface area contributed by atoms with E-state index in [1.807, 2.05) is 37.4 Å². The maximum absolute atomic E-state index is 12.6. The fourth-order valence-electron chi connectivity index (χ4n) is 2.54. The van der Waals surface area contributed by atoms with Crippen LogP contribution in [0.15, 0.2) is 36.4 Å². The fourth-order valence-corrected chi connectivity index (χ4v) is 2.54. The van der Waals surface area contributed by atoms with Crippen LogP contribution in [0.25, 0.3) is 11.4 Å². The highest BCUT2D eigenvalue weighted by atomic mass is 16.1. The zero-order chi connectivity index (χ0) is 18.9. The number of benzene rings is 1. The zero-order valence-corrected chi connectivity index (χ0v) is 16.3. The zero-order valence-electron chi connectivity index (χ0n) is 16.3. The summed E-state index contributed by atoms with van der Waals surface area (Å²) in [4.78, 5) is 23.9. The smallest absolute Gasteiger partial charge is 0.270 e. The number of aromatic nitrogens is 2. The predicted octanol–water partition coefficient (Wildman–Crippen LogP) is 4.16. The molecule has 0 saturated carbocycles. The first-order valence-electron chi connectivity index (χ1n) is 9.45. The van der Waals surface area contributed by atoms with Crippen LogP contribution in [0.3, 0.4) is 0 Å². The van der Waals surface area contributed by atoms with E-state index in [1.54, 1.807) is 6.07 Å². The second kappa shape index (κ2) is 9.90. The largest absolute Gasteiger partial charge is 0.360 e. The van der Waals surface area contributed by atoms with E-state index in [0.29, 0.717) is 24.0 Å². The van der Waals surface area contributed by atoms with E-state index in [9.17, 15) is 4.79 Å². The standard InChI is InChI=1S/C21H30N4O/c1-5-6-14-25(4)19-15-18(21(26)22-13-12-16(2)3)23-20(24-19)17-10-8-7-9-11-17/h7-11,15-16H,5-6,12-14H2,1-4H3,(H,22,26). The molecule has 1 aromatic carbocycles. The third-order valence-electron chi connectivity index (χ3n) is 4.22. The van der Waals surface area contributed by atoms with Gasteiger partial charge in [-0.3, -0.25) is 4.79 Å². The number of amides is 1. The number of carbonyl (C=O) groups excluding carboxylic acids is 1. The van der Waals surface area contributed by atoms with Crippen molar-refractivity contribution >= 4 is 11.7 Å². The Bertz CT molecular complexity index is 700. The first kappa shape index (κ1) is 19.9. The van der Waals surface area contributed by atoms with Crippen molar-refractivity contribution in [1.82, 2.24) is 15.3 Å². The van der Waals surface area contributed by atoms with E-state index in [0.717, 1.165) is 37.2 Å². The fraction of sp³-hybridized carbons (Fsp3) is 0.476. The quantitative estimate of drug-likeness (QED) is 0.735. The summed E-state index contributed by atoms with van der Waals surface area (Å²) in [6, 6.07) is 11.6. The van der Waals surface area contributed by atoms with Crippen molar-refractivity contribution in [3.8, 4) is 11.4 Å². The molecule has 0 atom stereocenters. The van der Waals surface area contributed by atoms with Gasteiger partial charge in [0.1, 0.15) is 11.5 Å². The van der Waals surface area contributed by atoms with Crippen LogP contribution < -0.4 is 10.2 Å². The average Bonchev–Trinajstić information content (AvgIpc) is 2.66. The van der Waals surface area contributed by atoms with E-state index in [2.05, 4.69) is 41.0 Å². The molecule has 0 bridgehead atoms. The van der Waals surface area contributed by atoms with Gasteiger partial charge in [0.15, 0.2) is 5.82 Å². The summed E-state index contributed by atoms with van der Waals surface area (Å²) in [5.74, 6) is 1.77. The first-order chi connectivity index (χ1) is 12.5. The van der Waals surface area contributed by atoms with Crippen molar-refractivity contribution in [1.29, 1.82) is 0 Å². The lowest BCUT2D eigenvalue weighted by molar-refractivity contribution is 0.0947. The summed E-state index contributed by atoms with van der Waals surface area (Å²) in [5, 5.41) is 2.97. The van der Waals surface area contributed by atoms with Gasteiger partial charge < -0.3 is 10.2 Å². The number of rotatable bonds is 9. The average molecular weight is 354 g/mol. The van der Waals surface area contributed by atoms with Crippen LogP contribution in [0.5, 0.6) is 0 Å². The molecule has 0 fully saturated rings. The van der Waals surface area contributed by atoms with Gasteiger partial charge in [-0.25, -0.2) is 9.97 Å². The SMILES string of the molecule is CCCCN(C)c1cc(C(=O)NCCC(C)C)nc(-c2ccccc2)n1. The minimum atomic E-state index is -0.143. The summed E-state index contributed by atoms with van der Waals surface area (Å²) in [7, 11) is 2.01. The van der Waals surface area contributed by atoms with Gasteiger partial charge in [0.2, 0.25) is 0 Å². The highest BCUT2D eigenvalue weighted by molar-refractivity contribution is 5.93. The van der Waals surface area contributed by atoms with Gasteiger partial charge in [-0.1, -0.05) is 57.5 Å². The second-order valence-corrected chi connectivity index (χ2v) is 7.01. The van der Waals surface area contributed by atoms with Gasteiger partial charge in [-0.15, -0.1) is 0 Å². The summed E-state index contributed by atoms with van der Waals surface area (Å²) in [5.41, 5.74) is 1.33. The lowest BCUT2D eigenvalue weighted by Crippen LogP contribution is -2.27. The van der Waals surface area contributed by atoms with Crippen molar-refractivity contribution in [2.75, 3.05) is 25.0 Å². The van der Waals surface area contributed by atoms with Crippen molar-refractivity contribution in [3.05, 3.63) is 42.1 Å². The molecule has 1 N–H and O–H groups in total. The number of hydrogen-bond acceptors (Lipinski definition) is 4. The number of nitrogens with one attached hydrogen (secondary N) is 1. The van der Waals surface area contributed by atoms with Crippen molar-refractivity contribution < 1.29 is 4.79 Å². The van der Waals surface area contributed by atoms with Gasteiger partial charge in [-0.2, -0.15) is 0 Å². The summed E-state index contributed by atoms with van der Waals surface area (Å²) in [6.45, 7) is 8.01. The van der Waals surface area contributed by atoms with Crippen LogP contribution in [0.2, 0.25) is 0 Å². The molecule has 140 valence electrons. The van der Waals surface area contributed by atoms with E-state index in [1.165, 1.54) is 0 Å². The molecule has 0 aliphatic heterocycles. The van der Waals surface area contributed by atoms with Crippen molar-refractivity contribution in [2.24, 2.45) is 5.92 Å². The second-order valence-electron chi connectivity index (χ2n) is 7.01. The van der Waals surface area contributed by atoms with Gasteiger partial charge in [0.25, 0.3) is 5.91 Å². The Kier molecular flexibility index (Phi) is 7.57. The van der Waals surface area contributed by atoms with Crippen molar-refractivity contribution in [2.45, 2.75) is 40.0 Å². The summed E-state index contributed by atoms with van der Waals surface area (Å²) < 4.78 is 0. The third-order valence-corrected chi connectivity index (χ3v) is 4.22. The molecule has 1 amide bonds. The minimum Gasteiger partial charge on any atom is -0.360 e. The van der Waals surface area contributed by atoms with E-state index in [4.69, 9.17) is 0 Å². The normalized spacial score (nSPS) is 10.8. The molecule has 1 heterocycles. The molecule has 2 rings (SSSR count). The maximum atomic E-state index is 12.6. The highest BCUT2D eigenvalue weighted by Gasteiger charge is 2.15. The van der Waals surface area contributed by atoms with E-state index >= 15 is 0 Å². The van der Waals surface area contributed by atoms with Crippen LogP contribution in [-0.4, -0.2) is 36.0 Å². The van der Waals surface area contributed by atoms with Crippen LogP contribution in [0.4, 0.5) is 5.82 Å². The lowest BCUT2D eigenvalue weighted by atomic mass is 10.1. The molecule has 0 aliphatic carbocycles. The number of hydrogen-bond donors (Lipinski definition) is 1. The molecule has 0 aliphatic rings. The van der Waals surface area contributed by atoms with Crippen LogP contribution in [0.1, 0.15) is 50.5 Å². The number of unbranched alkanes of at least 4 members (excludes halogenated alkanes) is 1. The van der Waals surface area contributed by atoms with E-state index in [-0.39, 0.29) is 5.91 Å². The topological polar surface area (TPSA) is 58.1 Å². The molecule has 26 heavy (non-hydrogen) atoms. The third kappa shape index (κ3) is 5.83. The van der Waals surface area contributed by atoms with Crippen molar-refractivity contribution in [3.63, 3.8) is 0 Å². The van der Waals surface area contributed by atoms with Gasteiger partial charge in [-0.05, 0) is 18.8 Å². The molecule has 0 saturated heterocycles. The number of carbonyl (C=O) groups is 1. The molecule has 0 unspecified atom stereocenters. The Balaban J connectivity index is 2.29. The number of nitrogens with zero attached hydrogens (tertiary/aromatic N) is 3. The summed E-state index contributed by atoms with van der Waals surface area (Å²) in [6.07, 6.45) is 3.15. The molecule has 0 spiro atoms. The Morgan fingerprint density at radius 3 is 2.58 bits per heavy atom. The molecule has 1 aromatic heterocycles. The highest BCUT2D eigenvalue weighted by Crippen LogP contribution is 2.20. The molecular weight excluding hydrogens is 324 g/mol. The monoisotopic (exact) mass is 354 g/mol. The van der Waals surface area contributed by atoms with Crippen LogP contribution in [0, 0.1) is 5.92 Å². The minimum absolute atomic E-state index is 0.143. The van der Waals surface area contributed by atoms with E-state index < -0.39 is 0 Å². The van der Waals surface area contributed by atoms with Gasteiger partial charge >= 0.3 is 0 Å². The van der Waals surface area contributed by atoms with Crippen LogP contribution >= 0.6 is 0 Å². The number of anilines is 1. The maximum Gasteiger partial charge on any atom is 0.270 e. The molecule has 5 nitrogen and oxygen atoms in total. The first-order valence-corrected chi connectivity index (χ1v) is 9.45. The molecule has 5 heteroatoms. The molecular formula is C21H30N4O.